The molecule has 3 unspecified atom stereocenters. The van der Waals surface area contributed by atoms with E-state index in [1.807, 2.05) is 36.4 Å². The van der Waals surface area contributed by atoms with E-state index in [1.165, 1.54) is 5.56 Å². The van der Waals surface area contributed by atoms with Gasteiger partial charge in [-0.2, -0.15) is 5.06 Å². The molecule has 2 saturated carbocycles. The van der Waals surface area contributed by atoms with Crippen molar-refractivity contribution < 1.29 is 19.4 Å². The quantitative estimate of drug-likeness (QED) is 0.593. The Morgan fingerprint density at radius 1 is 0.853 bits per heavy atom. The van der Waals surface area contributed by atoms with Crippen LogP contribution in [0.4, 0.5) is 0 Å². The highest BCUT2D eigenvalue weighted by Crippen LogP contribution is 2.77. The molecule has 2 aliphatic heterocycles. The van der Waals surface area contributed by atoms with Gasteiger partial charge in [0.1, 0.15) is 22.7 Å². The van der Waals surface area contributed by atoms with Gasteiger partial charge in [0.15, 0.2) is 0 Å². The number of hydrogen-bond acceptors (Lipinski definition) is 5. The van der Waals surface area contributed by atoms with Gasteiger partial charge in [-0.05, 0) is 96.0 Å². The van der Waals surface area contributed by atoms with Crippen LogP contribution < -0.4 is 4.74 Å². The highest BCUT2D eigenvalue weighted by Gasteiger charge is 2.81. The topological polar surface area (TPSA) is 51.2 Å². The molecule has 5 nitrogen and oxygen atoms in total. The Kier molecular flexibility index (Phi) is 4.84. The maximum absolute atomic E-state index is 10.5. The molecule has 2 aliphatic carbocycles. The lowest BCUT2D eigenvalue weighted by molar-refractivity contribution is -0.393. The fourth-order valence-electron chi connectivity index (χ4n) is 7.67. The summed E-state index contributed by atoms with van der Waals surface area (Å²) >= 11 is 0. The average molecular weight is 464 g/mol. The van der Waals surface area contributed by atoms with E-state index in [9.17, 15) is 5.11 Å². The molecule has 2 heterocycles. The van der Waals surface area contributed by atoms with E-state index >= 15 is 0 Å². The normalized spacial score (nSPS) is 36.1. The summed E-state index contributed by atoms with van der Waals surface area (Å²) in [5, 5.41) is 12.7. The molecule has 0 radical (unpaired) electrons. The molecule has 3 atom stereocenters. The van der Waals surface area contributed by atoms with Gasteiger partial charge in [-0.1, -0.05) is 30.3 Å². The first-order valence-electron chi connectivity index (χ1n) is 12.8. The van der Waals surface area contributed by atoms with E-state index in [2.05, 4.69) is 51.0 Å². The minimum Gasteiger partial charge on any atom is -0.457 e. The third kappa shape index (κ3) is 3.00. The summed E-state index contributed by atoms with van der Waals surface area (Å²) in [6.45, 7) is 9.36. The second-order valence-electron chi connectivity index (χ2n) is 12.2. The average Bonchev–Trinajstić information content (AvgIpc) is 2.85. The summed E-state index contributed by atoms with van der Waals surface area (Å²) in [5.41, 5.74) is 0.0811. The van der Waals surface area contributed by atoms with Gasteiger partial charge < -0.3 is 14.6 Å². The Hall–Kier alpha value is -1.92. The van der Waals surface area contributed by atoms with Gasteiger partial charge in [-0.3, -0.25) is 4.84 Å². The molecule has 1 spiro atoms. The Labute approximate surface area is 203 Å². The van der Waals surface area contributed by atoms with E-state index in [4.69, 9.17) is 14.3 Å². The number of benzene rings is 2. The number of aliphatic hydroxyl groups is 1. The van der Waals surface area contributed by atoms with Gasteiger partial charge >= 0.3 is 0 Å². The van der Waals surface area contributed by atoms with Gasteiger partial charge in [-0.15, -0.1) is 0 Å². The monoisotopic (exact) mass is 463 g/mol. The van der Waals surface area contributed by atoms with Crippen molar-refractivity contribution in [1.29, 1.82) is 0 Å². The number of ether oxygens (including phenoxy) is 2. The lowest BCUT2D eigenvalue weighted by Gasteiger charge is -2.68. The van der Waals surface area contributed by atoms with Crippen molar-refractivity contribution in [3.8, 4) is 11.5 Å². The summed E-state index contributed by atoms with van der Waals surface area (Å²) in [5.74, 6) is 1.68. The zero-order valence-corrected chi connectivity index (χ0v) is 20.8. The van der Waals surface area contributed by atoms with E-state index < -0.39 is 0 Å². The molecule has 1 N–H and O–H groups in total. The zero-order valence-electron chi connectivity index (χ0n) is 20.8. The number of piperidine rings is 1. The van der Waals surface area contributed by atoms with Crippen molar-refractivity contribution in [3.63, 3.8) is 0 Å². The Balaban J connectivity index is 1.30. The van der Waals surface area contributed by atoms with Crippen molar-refractivity contribution in [1.82, 2.24) is 5.06 Å². The number of aliphatic hydroxyl groups excluding tert-OH is 1. The van der Waals surface area contributed by atoms with Crippen molar-refractivity contribution in [2.75, 3.05) is 6.61 Å². The SMILES string of the molecule is CC1(C)CC(O)CC(C)(C)N1OC12CCC13CCC3(c1cccc(Oc3ccccc3)c1)OC2. The minimum atomic E-state index is -0.315. The summed E-state index contributed by atoms with van der Waals surface area (Å²) in [6, 6.07) is 18.4. The number of hydrogen-bond donors (Lipinski definition) is 1. The Morgan fingerprint density at radius 2 is 1.53 bits per heavy atom. The van der Waals surface area contributed by atoms with Crippen LogP contribution in [0.1, 0.15) is 71.8 Å². The molecule has 5 heteroatoms. The zero-order chi connectivity index (χ0) is 23.8. The third-order valence-corrected chi connectivity index (χ3v) is 9.17. The maximum atomic E-state index is 10.5. The van der Waals surface area contributed by atoms with Crippen LogP contribution >= 0.6 is 0 Å². The van der Waals surface area contributed by atoms with Gasteiger partial charge in [0.05, 0.1) is 12.7 Å². The molecule has 2 saturated heterocycles. The largest absolute Gasteiger partial charge is 0.457 e. The van der Waals surface area contributed by atoms with Crippen molar-refractivity contribution in [2.24, 2.45) is 5.41 Å². The maximum Gasteiger partial charge on any atom is 0.127 e. The molecule has 2 aromatic carbocycles. The molecular formula is C29H37NO4. The van der Waals surface area contributed by atoms with Crippen LogP contribution in [-0.4, -0.2) is 39.6 Å². The summed E-state index contributed by atoms with van der Waals surface area (Å²) in [7, 11) is 0. The van der Waals surface area contributed by atoms with E-state index in [1.54, 1.807) is 0 Å². The highest BCUT2D eigenvalue weighted by molar-refractivity contribution is 5.43. The molecule has 4 fully saturated rings. The molecule has 0 amide bonds. The molecule has 2 aromatic rings. The van der Waals surface area contributed by atoms with Crippen LogP contribution in [0.15, 0.2) is 54.6 Å². The molecule has 182 valence electrons. The summed E-state index contributed by atoms with van der Waals surface area (Å²) in [6.07, 6.45) is 5.39. The van der Waals surface area contributed by atoms with E-state index in [-0.39, 0.29) is 33.8 Å². The molecule has 6 rings (SSSR count). The molecule has 4 aliphatic rings. The predicted octanol–water partition coefficient (Wildman–Crippen LogP) is 5.96. The highest BCUT2D eigenvalue weighted by atomic mass is 16.7. The fraction of sp³-hybridized carbons (Fsp3) is 0.586. The number of hydroxylamine groups is 2. The summed E-state index contributed by atoms with van der Waals surface area (Å²) < 4.78 is 12.9. The fourth-order valence-corrected chi connectivity index (χ4v) is 7.67. The lowest BCUT2D eigenvalue weighted by Crippen LogP contribution is -2.73. The number of para-hydroxylation sites is 1. The first-order valence-corrected chi connectivity index (χ1v) is 12.8. The third-order valence-electron chi connectivity index (χ3n) is 9.17. The molecule has 0 aromatic heterocycles. The van der Waals surface area contributed by atoms with Crippen molar-refractivity contribution in [2.45, 2.75) is 94.6 Å². The molecule has 0 bridgehead atoms. The van der Waals surface area contributed by atoms with E-state index in [0.29, 0.717) is 19.4 Å². The van der Waals surface area contributed by atoms with Crippen LogP contribution in [-0.2, 0) is 15.2 Å². The summed E-state index contributed by atoms with van der Waals surface area (Å²) in [4.78, 5) is 7.08. The van der Waals surface area contributed by atoms with E-state index in [0.717, 1.165) is 37.2 Å². The van der Waals surface area contributed by atoms with Crippen LogP contribution in [0.2, 0.25) is 0 Å². The first-order chi connectivity index (χ1) is 16.1. The van der Waals surface area contributed by atoms with Gasteiger partial charge in [0, 0.05) is 16.5 Å². The number of rotatable bonds is 5. The second kappa shape index (κ2) is 7.30. The Bertz CT molecular complexity index is 1060. The smallest absolute Gasteiger partial charge is 0.127 e. The second-order valence-corrected chi connectivity index (χ2v) is 12.2. The molecule has 34 heavy (non-hydrogen) atoms. The minimum absolute atomic E-state index is 0.00636. The van der Waals surface area contributed by atoms with Gasteiger partial charge in [0.25, 0.3) is 0 Å². The van der Waals surface area contributed by atoms with Crippen LogP contribution in [0.3, 0.4) is 0 Å². The predicted molar refractivity (Wildman–Crippen MR) is 131 cm³/mol. The first kappa shape index (κ1) is 22.5. The lowest BCUT2D eigenvalue weighted by atomic mass is 9.40. The standard InChI is InChI=1S/C29H37NO4/c1-25(2)18-22(31)19-26(3,4)30(25)34-28-15-13-27(28)14-16-29(27,32-20-28)21-9-8-12-24(17-21)33-23-10-6-5-7-11-23/h5-12,17,22,31H,13-16,18-20H2,1-4H3. The van der Waals surface area contributed by atoms with Crippen LogP contribution in [0, 0.1) is 5.41 Å². The van der Waals surface area contributed by atoms with Crippen LogP contribution in [0.5, 0.6) is 11.5 Å². The van der Waals surface area contributed by atoms with Crippen LogP contribution in [0.25, 0.3) is 0 Å². The number of nitrogens with zero attached hydrogens (tertiary/aromatic N) is 1. The van der Waals surface area contributed by atoms with Gasteiger partial charge in [0.2, 0.25) is 0 Å². The molecular weight excluding hydrogens is 426 g/mol. The van der Waals surface area contributed by atoms with Crippen molar-refractivity contribution in [3.05, 3.63) is 60.2 Å². The Morgan fingerprint density at radius 3 is 2.15 bits per heavy atom. The van der Waals surface area contributed by atoms with Gasteiger partial charge in [-0.25, -0.2) is 0 Å². The van der Waals surface area contributed by atoms with Crippen molar-refractivity contribution >= 4 is 0 Å².